The van der Waals surface area contributed by atoms with Gasteiger partial charge in [-0.15, -0.1) is 0 Å². The highest BCUT2D eigenvalue weighted by atomic mass is 19.1. The number of nitrogens with zero attached hydrogens (tertiary/aromatic N) is 2. The van der Waals surface area contributed by atoms with E-state index in [-0.39, 0.29) is 24.0 Å². The molecular weight excluding hydrogens is 463 g/mol. The Kier molecular flexibility index (Phi) is 7.42. The topological polar surface area (TPSA) is 105 Å². The number of benzene rings is 2. The third kappa shape index (κ3) is 5.91. The summed E-state index contributed by atoms with van der Waals surface area (Å²) in [5, 5.41) is 21.6. The van der Waals surface area contributed by atoms with Gasteiger partial charge >= 0.3 is 0 Å². The lowest BCUT2D eigenvalue weighted by Gasteiger charge is -2.34. The van der Waals surface area contributed by atoms with Crippen molar-refractivity contribution in [3.8, 4) is 0 Å². The molecule has 1 saturated heterocycles. The third-order valence-corrected chi connectivity index (χ3v) is 6.54. The van der Waals surface area contributed by atoms with Crippen LogP contribution in [0.3, 0.4) is 0 Å². The molecule has 3 N–H and O–H groups in total. The molecule has 1 aliphatic rings. The van der Waals surface area contributed by atoms with Gasteiger partial charge in [0, 0.05) is 38.0 Å². The fourth-order valence-corrected chi connectivity index (χ4v) is 4.34. The molecule has 9 heteroatoms. The highest BCUT2D eigenvalue weighted by molar-refractivity contribution is 6.06. The van der Waals surface area contributed by atoms with Crippen LogP contribution in [0.15, 0.2) is 48.5 Å². The van der Waals surface area contributed by atoms with Gasteiger partial charge in [-0.25, -0.2) is 4.39 Å². The van der Waals surface area contributed by atoms with Gasteiger partial charge in [0.2, 0.25) is 5.91 Å². The van der Waals surface area contributed by atoms with Crippen molar-refractivity contribution in [2.24, 2.45) is 5.41 Å². The molecule has 1 atom stereocenters. The van der Waals surface area contributed by atoms with Crippen molar-refractivity contribution in [1.82, 2.24) is 20.4 Å². The van der Waals surface area contributed by atoms with Crippen LogP contribution in [0.2, 0.25) is 0 Å². The van der Waals surface area contributed by atoms with Crippen molar-refractivity contribution >= 4 is 22.7 Å². The van der Waals surface area contributed by atoms with E-state index in [0.29, 0.717) is 38.0 Å². The average Bonchev–Trinajstić information content (AvgIpc) is 3.21. The fourth-order valence-electron chi connectivity index (χ4n) is 4.34. The molecule has 1 unspecified atom stereocenters. The van der Waals surface area contributed by atoms with E-state index in [4.69, 9.17) is 4.74 Å². The molecule has 8 nitrogen and oxygen atoms in total. The van der Waals surface area contributed by atoms with Gasteiger partial charge in [-0.2, -0.15) is 5.10 Å². The van der Waals surface area contributed by atoms with Crippen LogP contribution in [0, 0.1) is 11.2 Å². The van der Waals surface area contributed by atoms with Crippen molar-refractivity contribution < 1.29 is 23.8 Å². The summed E-state index contributed by atoms with van der Waals surface area (Å²) in [7, 11) is 0. The van der Waals surface area contributed by atoms with Crippen LogP contribution in [0.5, 0.6) is 0 Å². The number of carbonyl (C=O) groups is 2. The van der Waals surface area contributed by atoms with Crippen LogP contribution >= 0.6 is 0 Å². The van der Waals surface area contributed by atoms with E-state index in [1.165, 1.54) is 12.1 Å². The predicted octanol–water partition coefficient (Wildman–Crippen LogP) is 3.03. The molecule has 192 valence electrons. The average molecular weight is 497 g/mol. The number of para-hydroxylation sites is 1. The summed E-state index contributed by atoms with van der Waals surface area (Å²) in [5.74, 6) is -1.16. The van der Waals surface area contributed by atoms with Gasteiger partial charge in [0.15, 0.2) is 5.69 Å². The van der Waals surface area contributed by atoms with Gasteiger partial charge in [-0.1, -0.05) is 51.1 Å². The Hall–Kier alpha value is -3.30. The largest absolute Gasteiger partial charge is 0.388 e. The monoisotopic (exact) mass is 496 g/mol. The fraction of sp³-hybridized carbons (Fsp3) is 0.444. The summed E-state index contributed by atoms with van der Waals surface area (Å²) < 4.78 is 20.3. The lowest BCUT2D eigenvalue weighted by atomic mass is 9.85. The number of hydrogen-bond donors (Lipinski definition) is 3. The van der Waals surface area contributed by atoms with E-state index in [1.807, 2.05) is 45.0 Å². The van der Waals surface area contributed by atoms with Gasteiger partial charge in [0.1, 0.15) is 11.9 Å². The zero-order valence-electron chi connectivity index (χ0n) is 20.9. The minimum Gasteiger partial charge on any atom is -0.388 e. The first kappa shape index (κ1) is 25.8. The third-order valence-electron chi connectivity index (χ3n) is 6.54. The Balaban J connectivity index is 1.54. The van der Waals surface area contributed by atoms with Gasteiger partial charge in [0.05, 0.1) is 17.7 Å². The Morgan fingerprint density at radius 2 is 1.81 bits per heavy atom. The maximum absolute atomic E-state index is 13.4. The number of rotatable bonds is 7. The van der Waals surface area contributed by atoms with Gasteiger partial charge < -0.3 is 20.5 Å². The predicted molar refractivity (Wildman–Crippen MR) is 134 cm³/mol. The zero-order chi connectivity index (χ0) is 25.9. The van der Waals surface area contributed by atoms with E-state index in [9.17, 15) is 19.1 Å². The van der Waals surface area contributed by atoms with Crippen LogP contribution in [-0.2, 0) is 16.1 Å². The molecule has 36 heavy (non-hydrogen) atoms. The van der Waals surface area contributed by atoms with Crippen LogP contribution in [-0.4, -0.2) is 58.1 Å². The normalized spacial score (nSPS) is 16.5. The summed E-state index contributed by atoms with van der Waals surface area (Å²) in [5.41, 5.74) is 0.193. The first-order valence-corrected chi connectivity index (χ1v) is 12.1. The number of ether oxygens (including phenoxy) is 1. The SMILES string of the molecule is CC(C)(C)C(NC(=O)c1nn(Cc2ccc(F)cc2)c2ccccc12)C(=O)NCC1(O)CCOCC1. The molecule has 1 aliphatic heterocycles. The maximum Gasteiger partial charge on any atom is 0.273 e. The quantitative estimate of drug-likeness (QED) is 0.466. The van der Waals surface area contributed by atoms with Crippen LogP contribution < -0.4 is 10.6 Å². The Morgan fingerprint density at radius 1 is 1.14 bits per heavy atom. The number of halogens is 1. The molecule has 1 fully saturated rings. The first-order valence-electron chi connectivity index (χ1n) is 12.1. The lowest BCUT2D eigenvalue weighted by molar-refractivity contribution is -0.128. The van der Waals surface area contributed by atoms with Crippen molar-refractivity contribution in [2.45, 2.75) is 51.8 Å². The standard InChI is InChI=1S/C27H33FN4O4/c1-26(2,3)23(25(34)29-17-27(35)12-14-36-15-13-27)30-24(33)22-20-6-4-5-7-21(20)32(31-22)16-18-8-10-19(28)11-9-18/h4-11,23,35H,12-17H2,1-3H3,(H,29,34)(H,30,33). The number of carbonyl (C=O) groups excluding carboxylic acids is 2. The second-order valence-electron chi connectivity index (χ2n) is 10.5. The first-order chi connectivity index (χ1) is 17.1. The lowest BCUT2D eigenvalue weighted by Crippen LogP contribution is -2.56. The summed E-state index contributed by atoms with van der Waals surface area (Å²) >= 11 is 0. The van der Waals surface area contributed by atoms with E-state index < -0.39 is 23.0 Å². The molecule has 0 spiro atoms. The van der Waals surface area contributed by atoms with Crippen molar-refractivity contribution in [3.63, 3.8) is 0 Å². The number of fused-ring (bicyclic) bond motifs is 1. The Morgan fingerprint density at radius 3 is 2.47 bits per heavy atom. The van der Waals surface area contributed by atoms with Crippen LogP contribution in [0.4, 0.5) is 4.39 Å². The molecule has 0 bridgehead atoms. The molecule has 0 radical (unpaired) electrons. The molecule has 2 heterocycles. The minimum absolute atomic E-state index is 0.0902. The zero-order valence-corrected chi connectivity index (χ0v) is 20.9. The van der Waals surface area contributed by atoms with Gasteiger partial charge in [-0.05, 0) is 29.2 Å². The van der Waals surface area contributed by atoms with Crippen LogP contribution in [0.25, 0.3) is 10.9 Å². The molecule has 2 aromatic carbocycles. The van der Waals surface area contributed by atoms with Gasteiger partial charge in [-0.3, -0.25) is 14.3 Å². The van der Waals surface area contributed by atoms with Crippen molar-refractivity contribution in [3.05, 3.63) is 65.6 Å². The van der Waals surface area contributed by atoms with Crippen molar-refractivity contribution in [2.75, 3.05) is 19.8 Å². The highest BCUT2D eigenvalue weighted by Gasteiger charge is 2.36. The molecule has 3 aromatic rings. The Labute approximate surface area is 209 Å². The maximum atomic E-state index is 13.4. The highest BCUT2D eigenvalue weighted by Crippen LogP contribution is 2.24. The molecule has 2 amide bonds. The number of aliphatic hydroxyl groups is 1. The molecule has 0 saturated carbocycles. The van der Waals surface area contributed by atoms with E-state index in [1.54, 1.807) is 16.8 Å². The van der Waals surface area contributed by atoms with E-state index in [2.05, 4.69) is 15.7 Å². The van der Waals surface area contributed by atoms with E-state index in [0.717, 1.165) is 11.1 Å². The number of amides is 2. The number of aromatic nitrogens is 2. The molecule has 0 aliphatic carbocycles. The second-order valence-corrected chi connectivity index (χ2v) is 10.5. The van der Waals surface area contributed by atoms with E-state index >= 15 is 0 Å². The summed E-state index contributed by atoms with van der Waals surface area (Å²) in [4.78, 5) is 26.6. The molecule has 1 aromatic heterocycles. The van der Waals surface area contributed by atoms with Gasteiger partial charge in [0.25, 0.3) is 5.91 Å². The van der Waals surface area contributed by atoms with Crippen molar-refractivity contribution in [1.29, 1.82) is 0 Å². The second kappa shape index (κ2) is 10.4. The minimum atomic E-state index is -1.02. The summed E-state index contributed by atoms with van der Waals surface area (Å²) in [6.45, 7) is 6.94. The smallest absolute Gasteiger partial charge is 0.273 e. The number of hydrogen-bond acceptors (Lipinski definition) is 5. The Bertz CT molecular complexity index is 1230. The van der Waals surface area contributed by atoms with Crippen LogP contribution in [0.1, 0.15) is 49.7 Å². The summed E-state index contributed by atoms with van der Waals surface area (Å²) in [6, 6.07) is 12.6. The number of nitrogens with one attached hydrogen (secondary N) is 2. The molecular formula is C27H33FN4O4. The summed E-state index contributed by atoms with van der Waals surface area (Å²) in [6.07, 6.45) is 0.884. The molecule has 4 rings (SSSR count).